The van der Waals surface area contributed by atoms with Crippen LogP contribution in [0.1, 0.15) is 73.7 Å². The summed E-state index contributed by atoms with van der Waals surface area (Å²) in [4.78, 5) is 47.6. The summed E-state index contributed by atoms with van der Waals surface area (Å²) in [5, 5.41) is 9.86. The van der Waals surface area contributed by atoms with Crippen molar-refractivity contribution in [2.45, 2.75) is 64.7 Å². The highest BCUT2D eigenvalue weighted by atomic mass is 16.9. The van der Waals surface area contributed by atoms with Gasteiger partial charge in [0.05, 0.1) is 19.6 Å². The van der Waals surface area contributed by atoms with Gasteiger partial charge in [-0.3, -0.25) is 14.5 Å². The van der Waals surface area contributed by atoms with Crippen LogP contribution in [0.25, 0.3) is 0 Å². The van der Waals surface area contributed by atoms with Crippen LogP contribution in [0.4, 0.5) is 0 Å². The summed E-state index contributed by atoms with van der Waals surface area (Å²) in [6, 6.07) is 19.8. The standard InChI is InChI=1S/C37H45N3O9/c1-4-6-17-38(18-7-5-2)34(41)22-39-21-31(29-13-16-32-33(20-29)48-25-47-32)35(36(39)28-11-14-30(45-3)15-12-28)37(42)46-23-26-9-8-10-27(19-26)24-49-40(43)44/h8-16,19-20,31,35-36H,4-7,17-18,21-25H2,1-3H3/t31-,35-,36+/m1/s1. The molecule has 262 valence electrons. The predicted octanol–water partition coefficient (Wildman–Crippen LogP) is 6.06. The molecule has 5 rings (SSSR count). The number of carbonyl (C=O) groups excluding carboxylic acids is 2. The Morgan fingerprint density at radius 1 is 0.918 bits per heavy atom. The number of fused-ring (bicyclic) bond motifs is 1. The van der Waals surface area contributed by atoms with E-state index in [1.807, 2.05) is 47.4 Å². The number of hydrogen-bond donors (Lipinski definition) is 0. The largest absolute Gasteiger partial charge is 0.497 e. The number of hydrogen-bond acceptors (Lipinski definition) is 10. The van der Waals surface area contributed by atoms with E-state index in [2.05, 4.69) is 23.6 Å². The van der Waals surface area contributed by atoms with Crippen molar-refractivity contribution in [3.8, 4) is 17.2 Å². The third-order valence-corrected chi connectivity index (χ3v) is 9.12. The van der Waals surface area contributed by atoms with Gasteiger partial charge in [0, 0.05) is 31.6 Å². The van der Waals surface area contributed by atoms with Crippen molar-refractivity contribution in [1.29, 1.82) is 0 Å². The van der Waals surface area contributed by atoms with Crippen molar-refractivity contribution in [2.24, 2.45) is 5.92 Å². The number of benzene rings is 3. The molecule has 0 aromatic heterocycles. The highest BCUT2D eigenvalue weighted by Gasteiger charge is 2.49. The molecule has 12 heteroatoms. The maximum atomic E-state index is 14.4. The van der Waals surface area contributed by atoms with E-state index in [1.165, 1.54) is 0 Å². The molecule has 12 nitrogen and oxygen atoms in total. The Labute approximate surface area is 286 Å². The van der Waals surface area contributed by atoms with Gasteiger partial charge in [0.1, 0.15) is 19.0 Å². The number of amides is 1. The normalized spacial score (nSPS) is 18.2. The Kier molecular flexibility index (Phi) is 12.3. The smallest absolute Gasteiger partial charge is 0.311 e. The van der Waals surface area contributed by atoms with Crippen molar-refractivity contribution in [3.05, 3.63) is 99.1 Å². The van der Waals surface area contributed by atoms with Crippen LogP contribution in [0.15, 0.2) is 66.7 Å². The van der Waals surface area contributed by atoms with Gasteiger partial charge in [-0.25, -0.2) is 0 Å². The summed E-state index contributed by atoms with van der Waals surface area (Å²) in [6.45, 7) is 6.08. The maximum Gasteiger partial charge on any atom is 0.311 e. The molecule has 2 aliphatic heterocycles. The number of likely N-dealkylation sites (tertiary alicyclic amines) is 1. The van der Waals surface area contributed by atoms with Crippen LogP contribution in [0.2, 0.25) is 0 Å². The molecule has 49 heavy (non-hydrogen) atoms. The zero-order chi connectivity index (χ0) is 34.8. The molecule has 0 radical (unpaired) electrons. The van der Waals surface area contributed by atoms with Crippen molar-refractivity contribution in [2.75, 3.05) is 40.1 Å². The van der Waals surface area contributed by atoms with Crippen LogP contribution < -0.4 is 14.2 Å². The lowest BCUT2D eigenvalue weighted by molar-refractivity contribution is -0.763. The first kappa shape index (κ1) is 35.5. The Hall–Kier alpha value is -4.84. The predicted molar refractivity (Wildman–Crippen MR) is 181 cm³/mol. The van der Waals surface area contributed by atoms with E-state index >= 15 is 0 Å². The number of rotatable bonds is 17. The minimum Gasteiger partial charge on any atom is -0.497 e. The summed E-state index contributed by atoms with van der Waals surface area (Å²) in [6.07, 6.45) is 3.82. The average molecular weight is 676 g/mol. The molecular weight excluding hydrogens is 630 g/mol. The first-order valence-corrected chi connectivity index (χ1v) is 16.9. The molecular formula is C37H45N3O9. The summed E-state index contributed by atoms with van der Waals surface area (Å²) in [5.41, 5.74) is 3.01. The zero-order valence-corrected chi connectivity index (χ0v) is 28.4. The first-order chi connectivity index (χ1) is 23.8. The van der Waals surface area contributed by atoms with E-state index in [9.17, 15) is 19.7 Å². The number of nitrogens with zero attached hydrogens (tertiary/aromatic N) is 3. The zero-order valence-electron chi connectivity index (χ0n) is 28.4. The molecule has 3 aromatic carbocycles. The van der Waals surface area contributed by atoms with E-state index in [1.54, 1.807) is 31.4 Å². The number of ether oxygens (including phenoxy) is 4. The molecule has 0 N–H and O–H groups in total. The second kappa shape index (κ2) is 17.0. The first-order valence-electron chi connectivity index (χ1n) is 16.9. The molecule has 1 saturated heterocycles. The quantitative estimate of drug-likeness (QED) is 0.0946. The molecule has 1 fully saturated rings. The fourth-order valence-corrected chi connectivity index (χ4v) is 6.58. The Morgan fingerprint density at radius 2 is 1.59 bits per heavy atom. The van der Waals surface area contributed by atoms with E-state index < -0.39 is 23.0 Å². The minimum atomic E-state index is -0.842. The summed E-state index contributed by atoms with van der Waals surface area (Å²) < 4.78 is 22.7. The highest BCUT2D eigenvalue weighted by molar-refractivity contribution is 5.80. The van der Waals surface area contributed by atoms with Crippen molar-refractivity contribution in [1.82, 2.24) is 9.80 Å². The molecule has 1 amide bonds. The summed E-state index contributed by atoms with van der Waals surface area (Å²) >= 11 is 0. The topological polar surface area (TPSA) is 130 Å². The van der Waals surface area contributed by atoms with Gasteiger partial charge in [0.15, 0.2) is 11.5 Å². The van der Waals surface area contributed by atoms with E-state index in [0.29, 0.717) is 48.0 Å². The van der Waals surface area contributed by atoms with E-state index in [0.717, 1.165) is 36.8 Å². The Balaban J connectivity index is 1.48. The molecule has 3 aromatic rings. The highest BCUT2D eigenvalue weighted by Crippen LogP contribution is 2.48. The lowest BCUT2D eigenvalue weighted by Gasteiger charge is -2.30. The lowest BCUT2D eigenvalue weighted by atomic mass is 9.82. The number of esters is 1. The molecule has 2 aliphatic rings. The van der Waals surface area contributed by atoms with Crippen molar-refractivity contribution >= 4 is 11.9 Å². The van der Waals surface area contributed by atoms with Crippen LogP contribution in [0.5, 0.6) is 17.2 Å². The third kappa shape index (κ3) is 9.00. The molecule has 0 spiro atoms. The minimum absolute atomic E-state index is 0.0348. The van der Waals surface area contributed by atoms with Crippen LogP contribution in [-0.4, -0.2) is 66.8 Å². The van der Waals surface area contributed by atoms with Crippen LogP contribution in [0.3, 0.4) is 0 Å². The Bertz CT molecular complexity index is 1570. The van der Waals surface area contributed by atoms with Gasteiger partial charge in [-0.05, 0) is 59.4 Å². The molecule has 0 aliphatic carbocycles. The Morgan fingerprint density at radius 3 is 2.27 bits per heavy atom. The van der Waals surface area contributed by atoms with E-state index in [4.69, 9.17) is 18.9 Å². The summed E-state index contributed by atoms with van der Waals surface area (Å²) in [5.74, 6) is 0.542. The molecule has 0 unspecified atom stereocenters. The van der Waals surface area contributed by atoms with Gasteiger partial charge in [-0.2, -0.15) is 0 Å². The van der Waals surface area contributed by atoms with Crippen LogP contribution in [-0.2, 0) is 32.4 Å². The third-order valence-electron chi connectivity index (χ3n) is 9.12. The lowest BCUT2D eigenvalue weighted by Crippen LogP contribution is -2.42. The number of carbonyl (C=O) groups is 2. The van der Waals surface area contributed by atoms with Gasteiger partial charge < -0.3 is 28.7 Å². The van der Waals surface area contributed by atoms with Crippen LogP contribution >= 0.6 is 0 Å². The number of unbranched alkanes of at least 4 members (excludes halogenated alkanes) is 2. The maximum absolute atomic E-state index is 14.4. The molecule has 2 heterocycles. The van der Waals surface area contributed by atoms with Gasteiger partial charge in [0.2, 0.25) is 12.7 Å². The SMILES string of the molecule is CCCCN(CCCC)C(=O)CN1C[C@H](c2ccc3c(c2)OCO3)[C@@H](C(=O)OCc2cccc(CO[N+](=O)[O-])c2)[C@@H]1c1ccc(OC)cc1. The van der Waals surface area contributed by atoms with Crippen molar-refractivity contribution in [3.63, 3.8) is 0 Å². The monoisotopic (exact) mass is 675 g/mol. The second-order valence-corrected chi connectivity index (χ2v) is 12.4. The van der Waals surface area contributed by atoms with Crippen molar-refractivity contribution < 1.29 is 38.5 Å². The summed E-state index contributed by atoms with van der Waals surface area (Å²) in [7, 11) is 1.60. The fourth-order valence-electron chi connectivity index (χ4n) is 6.58. The molecule has 0 bridgehead atoms. The molecule has 0 saturated carbocycles. The second-order valence-electron chi connectivity index (χ2n) is 12.4. The molecule has 3 atom stereocenters. The fraction of sp³-hybridized carbons (Fsp3) is 0.459. The van der Waals surface area contributed by atoms with Gasteiger partial charge in [0.25, 0.3) is 5.09 Å². The number of methoxy groups -OCH3 is 1. The van der Waals surface area contributed by atoms with Gasteiger partial charge in [-0.15, -0.1) is 10.1 Å². The average Bonchev–Trinajstić information content (AvgIpc) is 3.74. The van der Waals surface area contributed by atoms with Gasteiger partial charge >= 0.3 is 5.97 Å². The van der Waals surface area contributed by atoms with Crippen LogP contribution in [0, 0.1) is 16.0 Å². The van der Waals surface area contributed by atoms with Gasteiger partial charge in [-0.1, -0.05) is 69.2 Å². The van der Waals surface area contributed by atoms with E-state index in [-0.39, 0.29) is 38.4 Å².